The summed E-state index contributed by atoms with van der Waals surface area (Å²) in [5.41, 5.74) is 4.61. The second-order valence-electron chi connectivity index (χ2n) is 7.40. The standard InChI is InChI=1S/C22H24N2/c1-16-3-2-12-24(16)15-21-13-22(21)20-10-8-19(9-11-20)18-6-4-17(14-23)5-7-18/h4-11,16,21-22H,2-3,12-13,15H2,1H3/t16-,21+,22-/m1/s1. The SMILES string of the molecule is C[C@@H]1CCCN1C[C@@H]1C[C@@H]1c1ccc(-c2ccc(C#N)cc2)cc1. The molecule has 2 aliphatic rings. The van der Waals surface area contributed by atoms with Crippen molar-refractivity contribution in [1.29, 1.82) is 5.26 Å². The Kier molecular flexibility index (Phi) is 4.12. The van der Waals surface area contributed by atoms with Gasteiger partial charge in [-0.2, -0.15) is 5.26 Å². The summed E-state index contributed by atoms with van der Waals surface area (Å²) in [6.45, 7) is 4.95. The first-order valence-corrected chi connectivity index (χ1v) is 9.09. The van der Waals surface area contributed by atoms with Gasteiger partial charge in [0.05, 0.1) is 11.6 Å². The number of benzene rings is 2. The quantitative estimate of drug-likeness (QED) is 0.809. The highest BCUT2D eigenvalue weighted by Gasteiger charge is 2.40. The Bertz CT molecular complexity index is 739. The van der Waals surface area contributed by atoms with Crippen LogP contribution in [0.2, 0.25) is 0 Å². The Morgan fingerprint density at radius 2 is 1.71 bits per heavy atom. The number of hydrogen-bond acceptors (Lipinski definition) is 2. The Morgan fingerprint density at radius 1 is 1.04 bits per heavy atom. The van der Waals surface area contributed by atoms with Gasteiger partial charge in [0.2, 0.25) is 0 Å². The minimum Gasteiger partial charge on any atom is -0.300 e. The molecular weight excluding hydrogens is 292 g/mol. The van der Waals surface area contributed by atoms with E-state index in [1.165, 1.54) is 49.0 Å². The van der Waals surface area contributed by atoms with Crippen LogP contribution in [0.5, 0.6) is 0 Å². The van der Waals surface area contributed by atoms with E-state index in [9.17, 15) is 0 Å². The molecule has 122 valence electrons. The molecule has 4 rings (SSSR count). The van der Waals surface area contributed by atoms with Crippen LogP contribution in [0.3, 0.4) is 0 Å². The van der Waals surface area contributed by atoms with Gasteiger partial charge < -0.3 is 4.90 Å². The maximum atomic E-state index is 8.89. The van der Waals surface area contributed by atoms with Gasteiger partial charge in [-0.1, -0.05) is 36.4 Å². The molecule has 2 heteroatoms. The molecule has 0 unspecified atom stereocenters. The second-order valence-corrected chi connectivity index (χ2v) is 7.40. The topological polar surface area (TPSA) is 27.0 Å². The third-order valence-electron chi connectivity index (χ3n) is 5.77. The summed E-state index contributed by atoms with van der Waals surface area (Å²) >= 11 is 0. The molecule has 0 spiro atoms. The number of likely N-dealkylation sites (tertiary alicyclic amines) is 1. The Hall–Kier alpha value is -2.11. The van der Waals surface area contributed by atoms with Crippen molar-refractivity contribution in [1.82, 2.24) is 4.90 Å². The van der Waals surface area contributed by atoms with Crippen LogP contribution >= 0.6 is 0 Å². The van der Waals surface area contributed by atoms with Crippen molar-refractivity contribution in [3.8, 4) is 17.2 Å². The van der Waals surface area contributed by atoms with Gasteiger partial charge in [0.1, 0.15) is 0 Å². The highest BCUT2D eigenvalue weighted by atomic mass is 15.2. The normalized spacial score (nSPS) is 26.2. The molecule has 1 saturated heterocycles. The fraction of sp³-hybridized carbons (Fsp3) is 0.409. The summed E-state index contributed by atoms with van der Waals surface area (Å²) in [6.07, 6.45) is 4.09. The summed E-state index contributed by atoms with van der Waals surface area (Å²) in [6, 6.07) is 19.8. The summed E-state index contributed by atoms with van der Waals surface area (Å²) in [5.74, 6) is 1.61. The first-order chi connectivity index (χ1) is 11.7. The molecule has 1 saturated carbocycles. The summed E-state index contributed by atoms with van der Waals surface area (Å²) in [4.78, 5) is 2.68. The van der Waals surface area contributed by atoms with Gasteiger partial charge in [0.15, 0.2) is 0 Å². The molecule has 24 heavy (non-hydrogen) atoms. The van der Waals surface area contributed by atoms with Crippen LogP contribution < -0.4 is 0 Å². The first-order valence-electron chi connectivity index (χ1n) is 9.09. The molecule has 2 nitrogen and oxygen atoms in total. The molecule has 1 heterocycles. The monoisotopic (exact) mass is 316 g/mol. The number of rotatable bonds is 4. The molecule has 0 aromatic heterocycles. The predicted molar refractivity (Wildman–Crippen MR) is 97.7 cm³/mol. The van der Waals surface area contributed by atoms with E-state index in [-0.39, 0.29) is 0 Å². The molecule has 2 aromatic rings. The molecule has 0 bridgehead atoms. The van der Waals surface area contributed by atoms with Crippen molar-refractivity contribution in [2.45, 2.75) is 38.1 Å². The average molecular weight is 316 g/mol. The van der Waals surface area contributed by atoms with Crippen molar-refractivity contribution in [3.63, 3.8) is 0 Å². The van der Waals surface area contributed by atoms with Crippen molar-refractivity contribution in [2.75, 3.05) is 13.1 Å². The minimum atomic E-state index is 0.715. The highest BCUT2D eigenvalue weighted by Crippen LogP contribution is 2.48. The third-order valence-corrected chi connectivity index (χ3v) is 5.77. The lowest BCUT2D eigenvalue weighted by molar-refractivity contribution is 0.256. The van der Waals surface area contributed by atoms with Gasteiger partial charge in [-0.15, -0.1) is 0 Å². The zero-order valence-electron chi connectivity index (χ0n) is 14.3. The first kappa shape index (κ1) is 15.4. The van der Waals surface area contributed by atoms with E-state index in [0.29, 0.717) is 5.56 Å². The van der Waals surface area contributed by atoms with Gasteiger partial charge >= 0.3 is 0 Å². The summed E-state index contributed by atoms with van der Waals surface area (Å²) in [7, 11) is 0. The van der Waals surface area contributed by atoms with Crippen LogP contribution in [0.15, 0.2) is 48.5 Å². The molecule has 3 atom stereocenters. The minimum absolute atomic E-state index is 0.715. The molecule has 0 amide bonds. The van der Waals surface area contributed by atoms with Crippen LogP contribution in [0.4, 0.5) is 0 Å². The summed E-state index contributed by atoms with van der Waals surface area (Å²) in [5, 5.41) is 8.89. The van der Waals surface area contributed by atoms with Crippen LogP contribution in [0, 0.1) is 17.2 Å². The molecule has 2 fully saturated rings. The van der Waals surface area contributed by atoms with Crippen molar-refractivity contribution in [2.24, 2.45) is 5.92 Å². The summed E-state index contributed by atoms with van der Waals surface area (Å²) < 4.78 is 0. The maximum absolute atomic E-state index is 8.89. The smallest absolute Gasteiger partial charge is 0.0991 e. The van der Waals surface area contributed by atoms with E-state index < -0.39 is 0 Å². The molecule has 0 radical (unpaired) electrons. The van der Waals surface area contributed by atoms with E-state index in [4.69, 9.17) is 5.26 Å². The Balaban J connectivity index is 1.40. The van der Waals surface area contributed by atoms with Crippen LogP contribution in [-0.4, -0.2) is 24.0 Å². The van der Waals surface area contributed by atoms with Gasteiger partial charge in [0, 0.05) is 12.6 Å². The Labute approximate surface area is 144 Å². The lowest BCUT2D eigenvalue weighted by atomic mass is 10.0. The predicted octanol–water partition coefficient (Wildman–Crippen LogP) is 4.81. The molecular formula is C22H24N2. The van der Waals surface area contributed by atoms with Gasteiger partial charge in [-0.05, 0) is 73.4 Å². The van der Waals surface area contributed by atoms with Crippen LogP contribution in [0.1, 0.15) is 43.2 Å². The average Bonchev–Trinajstić information content (AvgIpc) is 3.29. The number of nitriles is 1. The van der Waals surface area contributed by atoms with Gasteiger partial charge in [-0.3, -0.25) is 0 Å². The van der Waals surface area contributed by atoms with Crippen LogP contribution in [0.25, 0.3) is 11.1 Å². The zero-order valence-corrected chi connectivity index (χ0v) is 14.3. The van der Waals surface area contributed by atoms with Gasteiger partial charge in [0.25, 0.3) is 0 Å². The molecule has 1 aliphatic carbocycles. The van der Waals surface area contributed by atoms with Crippen molar-refractivity contribution >= 4 is 0 Å². The largest absolute Gasteiger partial charge is 0.300 e. The number of nitrogens with zero attached hydrogens (tertiary/aromatic N) is 2. The van der Waals surface area contributed by atoms with Crippen LogP contribution in [-0.2, 0) is 0 Å². The molecule has 2 aromatic carbocycles. The lowest BCUT2D eigenvalue weighted by Gasteiger charge is -2.20. The van der Waals surface area contributed by atoms with E-state index in [0.717, 1.165) is 17.9 Å². The van der Waals surface area contributed by atoms with E-state index in [1.54, 1.807) is 0 Å². The highest BCUT2D eigenvalue weighted by molar-refractivity contribution is 5.64. The lowest BCUT2D eigenvalue weighted by Crippen LogP contribution is -2.29. The van der Waals surface area contributed by atoms with Gasteiger partial charge in [-0.25, -0.2) is 0 Å². The van der Waals surface area contributed by atoms with E-state index >= 15 is 0 Å². The zero-order chi connectivity index (χ0) is 16.5. The fourth-order valence-electron chi connectivity index (χ4n) is 4.08. The fourth-order valence-corrected chi connectivity index (χ4v) is 4.08. The van der Waals surface area contributed by atoms with E-state index in [1.807, 2.05) is 24.3 Å². The van der Waals surface area contributed by atoms with Crippen molar-refractivity contribution in [3.05, 3.63) is 59.7 Å². The van der Waals surface area contributed by atoms with E-state index in [2.05, 4.69) is 42.2 Å². The maximum Gasteiger partial charge on any atom is 0.0991 e. The third kappa shape index (κ3) is 3.09. The Morgan fingerprint density at radius 3 is 2.29 bits per heavy atom. The molecule has 1 aliphatic heterocycles. The molecule has 0 N–H and O–H groups in total. The number of hydrogen-bond donors (Lipinski definition) is 0. The second kappa shape index (κ2) is 6.42. The van der Waals surface area contributed by atoms with Crippen molar-refractivity contribution < 1.29 is 0 Å².